The van der Waals surface area contributed by atoms with Crippen LogP contribution in [0.3, 0.4) is 0 Å². The van der Waals surface area contributed by atoms with E-state index in [1.54, 1.807) is 0 Å². The number of allylic oxidation sites excluding steroid dienone is 2. The van der Waals surface area contributed by atoms with E-state index in [0.717, 1.165) is 30.9 Å². The molecule has 3 rings (SSSR count). The Bertz CT molecular complexity index is 1100. The molecule has 0 heterocycles. The van der Waals surface area contributed by atoms with E-state index in [1.165, 1.54) is 25.7 Å². The van der Waals surface area contributed by atoms with Crippen molar-refractivity contribution in [3.63, 3.8) is 0 Å². The number of hydrogen-bond acceptors (Lipinski definition) is 2. The summed E-state index contributed by atoms with van der Waals surface area (Å²) in [5.41, 5.74) is -1.58. The lowest BCUT2D eigenvalue weighted by Crippen LogP contribution is -2.25. The van der Waals surface area contributed by atoms with Crippen LogP contribution in [0.1, 0.15) is 63.0 Å². The average Bonchev–Trinajstić information content (AvgIpc) is 2.81. The SMILES string of the molecule is CCCC1CCC(C=CCCc2cc(F)c(C(F)(F)Oc3cc(F)c(OC=C(F)F)c(F)c3)c(F)c2)CC1. The zero-order valence-corrected chi connectivity index (χ0v) is 20.7. The quantitative estimate of drug-likeness (QED) is 0.158. The van der Waals surface area contributed by atoms with Gasteiger partial charge >= 0.3 is 12.2 Å². The summed E-state index contributed by atoms with van der Waals surface area (Å²) in [7, 11) is 0. The highest BCUT2D eigenvalue weighted by Gasteiger charge is 2.41. The van der Waals surface area contributed by atoms with Crippen LogP contribution in [0.2, 0.25) is 0 Å². The van der Waals surface area contributed by atoms with E-state index < -0.39 is 52.5 Å². The molecule has 0 aliphatic heterocycles. The molecular weight excluding hydrogens is 520 g/mol. The van der Waals surface area contributed by atoms with Crippen LogP contribution >= 0.6 is 0 Å². The lowest BCUT2D eigenvalue weighted by Gasteiger charge is -2.26. The highest BCUT2D eigenvalue weighted by Crippen LogP contribution is 2.38. The van der Waals surface area contributed by atoms with Crippen molar-refractivity contribution < 1.29 is 44.6 Å². The minimum absolute atomic E-state index is 0.155. The van der Waals surface area contributed by atoms with Crippen LogP contribution in [0.4, 0.5) is 35.1 Å². The lowest BCUT2D eigenvalue weighted by atomic mass is 9.80. The number of ether oxygens (including phenoxy) is 2. The van der Waals surface area contributed by atoms with Crippen molar-refractivity contribution in [3.8, 4) is 11.5 Å². The van der Waals surface area contributed by atoms with Gasteiger partial charge in [0, 0.05) is 12.1 Å². The number of alkyl halides is 2. The number of halogens is 8. The Balaban J connectivity index is 1.64. The number of hydrogen-bond donors (Lipinski definition) is 0. The lowest BCUT2D eigenvalue weighted by molar-refractivity contribution is -0.189. The molecule has 2 aromatic rings. The largest absolute Gasteiger partial charge is 0.453 e. The average molecular weight is 549 g/mol. The molecule has 2 aromatic carbocycles. The molecule has 38 heavy (non-hydrogen) atoms. The molecule has 2 nitrogen and oxygen atoms in total. The van der Waals surface area contributed by atoms with Gasteiger partial charge in [-0.05, 0) is 68.1 Å². The summed E-state index contributed by atoms with van der Waals surface area (Å²) >= 11 is 0. The van der Waals surface area contributed by atoms with Gasteiger partial charge in [-0.2, -0.15) is 17.6 Å². The maximum absolute atomic E-state index is 14.6. The first-order valence-corrected chi connectivity index (χ1v) is 12.4. The Labute approximate surface area is 215 Å². The first kappa shape index (κ1) is 29.5. The van der Waals surface area contributed by atoms with Crippen molar-refractivity contribution in [2.24, 2.45) is 11.8 Å². The highest BCUT2D eigenvalue weighted by atomic mass is 19.3. The monoisotopic (exact) mass is 548 g/mol. The summed E-state index contributed by atoms with van der Waals surface area (Å²) in [5, 5.41) is 0. The molecule has 0 radical (unpaired) electrons. The second kappa shape index (κ2) is 13.2. The molecule has 10 heteroatoms. The van der Waals surface area contributed by atoms with E-state index in [1.807, 2.05) is 6.08 Å². The summed E-state index contributed by atoms with van der Waals surface area (Å²) in [5.74, 6) is -7.67. The van der Waals surface area contributed by atoms with Crippen LogP contribution in [0.25, 0.3) is 0 Å². The number of rotatable bonds is 11. The van der Waals surface area contributed by atoms with Crippen LogP contribution in [-0.2, 0) is 12.5 Å². The van der Waals surface area contributed by atoms with Crippen LogP contribution in [-0.4, -0.2) is 0 Å². The third-order valence-corrected chi connectivity index (χ3v) is 6.47. The second-order valence-electron chi connectivity index (χ2n) is 9.33. The molecule has 208 valence electrons. The Kier molecular flexibility index (Phi) is 10.2. The van der Waals surface area contributed by atoms with Gasteiger partial charge < -0.3 is 9.47 Å². The maximum atomic E-state index is 14.6. The van der Waals surface area contributed by atoms with Crippen molar-refractivity contribution in [3.05, 3.63) is 83.2 Å². The predicted molar refractivity (Wildman–Crippen MR) is 126 cm³/mol. The molecule has 1 aliphatic rings. The normalized spacial score (nSPS) is 18.0. The zero-order valence-electron chi connectivity index (χ0n) is 20.7. The van der Waals surface area contributed by atoms with E-state index >= 15 is 0 Å². The third-order valence-electron chi connectivity index (χ3n) is 6.47. The van der Waals surface area contributed by atoms with Gasteiger partial charge in [0.15, 0.2) is 23.6 Å². The predicted octanol–water partition coefficient (Wildman–Crippen LogP) is 9.58. The molecule has 0 spiro atoms. The fraction of sp³-hybridized carbons (Fsp3) is 0.429. The third kappa shape index (κ3) is 7.98. The smallest absolute Gasteiger partial charge is 0.432 e. The Morgan fingerprint density at radius 1 is 0.921 bits per heavy atom. The summed E-state index contributed by atoms with van der Waals surface area (Å²) in [6, 6.07) is 1.94. The van der Waals surface area contributed by atoms with Gasteiger partial charge in [0.2, 0.25) is 0 Å². The van der Waals surface area contributed by atoms with Gasteiger partial charge in [-0.25, -0.2) is 17.6 Å². The molecule has 1 saturated carbocycles. The standard InChI is InChI=1S/C28H28F8O2/c1-2-5-17-8-10-18(11-9-17)6-3-4-7-19-12-21(29)26(22(30)13-19)28(35,36)38-20-14-23(31)27(24(32)15-20)37-16-25(33)34/h3,6,12-18H,2,4-5,7-11H2,1H3. The molecule has 0 atom stereocenters. The van der Waals surface area contributed by atoms with Crippen LogP contribution in [0, 0.1) is 35.1 Å². The minimum Gasteiger partial charge on any atom is -0.453 e. The highest BCUT2D eigenvalue weighted by molar-refractivity contribution is 5.37. The van der Waals surface area contributed by atoms with Crippen LogP contribution in [0.5, 0.6) is 11.5 Å². The topological polar surface area (TPSA) is 18.5 Å². The van der Waals surface area contributed by atoms with Crippen molar-refractivity contribution in [1.82, 2.24) is 0 Å². The van der Waals surface area contributed by atoms with Crippen molar-refractivity contribution >= 4 is 0 Å². The summed E-state index contributed by atoms with van der Waals surface area (Å²) < 4.78 is 119. The van der Waals surface area contributed by atoms with Crippen LogP contribution in [0.15, 0.2) is 48.8 Å². The van der Waals surface area contributed by atoms with Gasteiger partial charge in [-0.3, -0.25) is 0 Å². The Morgan fingerprint density at radius 3 is 2.08 bits per heavy atom. The van der Waals surface area contributed by atoms with E-state index in [4.69, 9.17) is 0 Å². The number of aryl methyl sites for hydroxylation is 1. The summed E-state index contributed by atoms with van der Waals surface area (Å²) in [6.07, 6.45) is 4.42. The van der Waals surface area contributed by atoms with Crippen LogP contribution < -0.4 is 9.47 Å². The first-order valence-electron chi connectivity index (χ1n) is 12.4. The van der Waals surface area contributed by atoms with E-state index in [-0.39, 0.29) is 30.4 Å². The van der Waals surface area contributed by atoms with Gasteiger partial charge in [0.25, 0.3) is 0 Å². The molecule has 0 saturated heterocycles. The molecule has 0 unspecified atom stereocenters. The van der Waals surface area contributed by atoms with Crippen molar-refractivity contribution in [1.29, 1.82) is 0 Å². The molecule has 0 bridgehead atoms. The van der Waals surface area contributed by atoms with E-state index in [2.05, 4.69) is 22.5 Å². The van der Waals surface area contributed by atoms with E-state index in [0.29, 0.717) is 12.3 Å². The van der Waals surface area contributed by atoms with Gasteiger partial charge in [-0.15, -0.1) is 0 Å². The maximum Gasteiger partial charge on any atom is 0.432 e. The molecule has 1 fully saturated rings. The Hall–Kier alpha value is -3.04. The van der Waals surface area contributed by atoms with Gasteiger partial charge in [-0.1, -0.05) is 31.9 Å². The number of benzene rings is 2. The van der Waals surface area contributed by atoms with Crippen molar-refractivity contribution in [2.45, 2.75) is 64.4 Å². The second-order valence-corrected chi connectivity index (χ2v) is 9.33. The van der Waals surface area contributed by atoms with Crippen molar-refractivity contribution in [2.75, 3.05) is 0 Å². The molecular formula is C28H28F8O2. The van der Waals surface area contributed by atoms with Gasteiger partial charge in [0.05, 0.1) is 0 Å². The molecule has 0 amide bonds. The molecule has 1 aliphatic carbocycles. The summed E-state index contributed by atoms with van der Waals surface area (Å²) in [4.78, 5) is 0. The minimum atomic E-state index is -4.64. The van der Waals surface area contributed by atoms with Gasteiger partial charge in [0.1, 0.15) is 22.9 Å². The fourth-order valence-electron chi connectivity index (χ4n) is 4.67. The Morgan fingerprint density at radius 2 is 1.53 bits per heavy atom. The van der Waals surface area contributed by atoms with E-state index in [9.17, 15) is 35.1 Å². The first-order chi connectivity index (χ1) is 18.0. The zero-order chi connectivity index (χ0) is 27.9. The fourth-order valence-corrected chi connectivity index (χ4v) is 4.67. The molecule has 0 N–H and O–H groups in total. The summed E-state index contributed by atoms with van der Waals surface area (Å²) in [6.45, 7) is 2.18. The molecule has 0 aromatic heterocycles.